The van der Waals surface area contributed by atoms with E-state index in [1.54, 1.807) is 0 Å². The first-order valence-corrected chi connectivity index (χ1v) is 7.68. The number of anilines is 1. The second-order valence-corrected chi connectivity index (χ2v) is 6.97. The Bertz CT molecular complexity index is 779. The first kappa shape index (κ1) is 13.9. The van der Waals surface area contributed by atoms with Crippen molar-refractivity contribution >= 4 is 38.6 Å². The average molecular weight is 321 g/mol. The molecule has 0 atom stereocenters. The van der Waals surface area contributed by atoms with Crippen LogP contribution in [-0.4, -0.2) is 18.5 Å². The van der Waals surface area contributed by atoms with Gasteiger partial charge in [0.1, 0.15) is 5.75 Å². The van der Waals surface area contributed by atoms with Gasteiger partial charge in [0, 0.05) is 5.69 Å². The third-order valence-corrected chi connectivity index (χ3v) is 5.51. The van der Waals surface area contributed by atoms with Gasteiger partial charge >= 0.3 is 4.87 Å². The fraction of sp³-hybridized carbons (Fsp3) is 0.100. The number of aromatic amines is 1. The molecule has 102 valence electrons. The molecule has 1 heterocycles. The normalized spacial score (nSPS) is 11.5. The maximum absolute atomic E-state index is 12.1. The van der Waals surface area contributed by atoms with Crippen molar-refractivity contribution in [3.05, 3.63) is 38.6 Å². The minimum Gasteiger partial charge on any atom is -0.506 e. The number of phenolic OH excluding ortho intramolecular Hbond substituents is 1. The Morgan fingerprint density at radius 3 is 2.63 bits per heavy atom. The van der Waals surface area contributed by atoms with E-state index in [4.69, 9.17) is 11.6 Å². The van der Waals surface area contributed by atoms with Crippen LogP contribution in [0.5, 0.6) is 5.75 Å². The number of sulfonamides is 1. The first-order valence-electron chi connectivity index (χ1n) is 5.00. The quantitative estimate of drug-likeness (QED) is 0.752. The third-order valence-electron chi connectivity index (χ3n) is 2.23. The van der Waals surface area contributed by atoms with Crippen LogP contribution >= 0.6 is 22.9 Å². The lowest BCUT2D eigenvalue weighted by molar-refractivity contribution is 0.475. The zero-order valence-corrected chi connectivity index (χ0v) is 12.0. The van der Waals surface area contributed by atoms with Gasteiger partial charge < -0.3 is 10.1 Å². The molecule has 0 spiro atoms. The van der Waals surface area contributed by atoms with Gasteiger partial charge in [-0.05, 0) is 25.1 Å². The predicted molar refractivity (Wildman–Crippen MR) is 73.6 cm³/mol. The molecule has 0 fully saturated rings. The minimum absolute atomic E-state index is 0.0270. The highest BCUT2D eigenvalue weighted by molar-refractivity contribution is 7.94. The molecule has 2 aromatic rings. The molecular weight excluding hydrogens is 312 g/mol. The van der Waals surface area contributed by atoms with Crippen molar-refractivity contribution in [2.75, 3.05) is 4.72 Å². The van der Waals surface area contributed by atoms with Crippen LogP contribution in [0.3, 0.4) is 0 Å². The fourth-order valence-corrected chi connectivity index (χ4v) is 3.95. The van der Waals surface area contributed by atoms with E-state index in [1.165, 1.54) is 25.1 Å². The molecule has 2 rings (SSSR count). The Kier molecular flexibility index (Phi) is 3.57. The number of H-pyrrole nitrogens is 1. The summed E-state index contributed by atoms with van der Waals surface area (Å²) in [5.41, 5.74) is 0.468. The molecule has 0 saturated heterocycles. The van der Waals surface area contributed by atoms with Crippen LogP contribution in [0, 0.1) is 6.92 Å². The molecule has 6 nitrogen and oxygen atoms in total. The van der Waals surface area contributed by atoms with E-state index in [0.29, 0.717) is 11.3 Å². The molecule has 0 aliphatic rings. The Labute approximate surface area is 117 Å². The van der Waals surface area contributed by atoms with Crippen LogP contribution in [0.4, 0.5) is 5.69 Å². The zero-order valence-electron chi connectivity index (χ0n) is 9.60. The van der Waals surface area contributed by atoms with E-state index in [2.05, 4.69) is 9.71 Å². The highest BCUT2D eigenvalue weighted by atomic mass is 35.5. The lowest BCUT2D eigenvalue weighted by atomic mass is 10.3. The Morgan fingerprint density at radius 1 is 1.42 bits per heavy atom. The van der Waals surface area contributed by atoms with Gasteiger partial charge in [-0.1, -0.05) is 22.9 Å². The topological polar surface area (TPSA) is 99.3 Å². The van der Waals surface area contributed by atoms with E-state index in [9.17, 15) is 18.3 Å². The molecule has 0 amide bonds. The average Bonchev–Trinajstić information content (AvgIpc) is 2.63. The summed E-state index contributed by atoms with van der Waals surface area (Å²) in [6.45, 7) is 1.50. The van der Waals surface area contributed by atoms with Crippen molar-refractivity contribution < 1.29 is 13.5 Å². The SMILES string of the molecule is Cc1[nH]c(=O)sc1S(=O)(=O)Nc1ccc(O)c(Cl)c1. The summed E-state index contributed by atoms with van der Waals surface area (Å²) in [7, 11) is -3.86. The zero-order chi connectivity index (χ0) is 14.2. The number of benzene rings is 1. The van der Waals surface area contributed by atoms with Gasteiger partial charge in [0.25, 0.3) is 10.0 Å². The summed E-state index contributed by atoms with van der Waals surface area (Å²) < 4.78 is 26.3. The largest absolute Gasteiger partial charge is 0.506 e. The number of rotatable bonds is 3. The maximum atomic E-state index is 12.1. The van der Waals surface area contributed by atoms with Gasteiger partial charge in [0.05, 0.1) is 10.7 Å². The summed E-state index contributed by atoms with van der Waals surface area (Å²) in [6.07, 6.45) is 0. The molecule has 0 saturated carbocycles. The standard InChI is InChI=1S/C10H9ClN2O4S2/c1-5-9(18-10(15)12-5)19(16,17)13-6-2-3-8(14)7(11)4-6/h2-4,13-14H,1H3,(H,12,15). The number of thiazole rings is 1. The smallest absolute Gasteiger partial charge is 0.306 e. The molecule has 0 bridgehead atoms. The van der Waals surface area contributed by atoms with Crippen LogP contribution in [-0.2, 0) is 10.0 Å². The van der Waals surface area contributed by atoms with Crippen LogP contribution in [0.25, 0.3) is 0 Å². The van der Waals surface area contributed by atoms with Crippen molar-refractivity contribution in [2.45, 2.75) is 11.1 Å². The Hall–Kier alpha value is -1.51. The lowest BCUT2D eigenvalue weighted by Crippen LogP contribution is -2.12. The summed E-state index contributed by atoms with van der Waals surface area (Å²) in [6, 6.07) is 3.91. The molecule has 1 aromatic heterocycles. The number of hydrogen-bond acceptors (Lipinski definition) is 5. The number of aromatic hydroxyl groups is 1. The molecule has 0 aliphatic heterocycles. The number of halogens is 1. The molecule has 0 aliphatic carbocycles. The lowest BCUT2D eigenvalue weighted by Gasteiger charge is -2.07. The molecule has 0 radical (unpaired) electrons. The number of nitrogens with one attached hydrogen (secondary N) is 2. The number of hydrogen-bond donors (Lipinski definition) is 3. The number of aromatic nitrogens is 1. The fourth-order valence-electron chi connectivity index (χ4n) is 1.42. The van der Waals surface area contributed by atoms with Crippen molar-refractivity contribution in [3.63, 3.8) is 0 Å². The summed E-state index contributed by atoms with van der Waals surface area (Å²) in [5.74, 6) is -0.146. The van der Waals surface area contributed by atoms with Crippen molar-refractivity contribution in [3.8, 4) is 5.75 Å². The predicted octanol–water partition coefficient (Wildman–Crippen LogP) is 1.90. The van der Waals surface area contributed by atoms with Gasteiger partial charge in [-0.15, -0.1) is 0 Å². The third kappa shape index (κ3) is 2.91. The number of phenols is 1. The van der Waals surface area contributed by atoms with Crippen LogP contribution in [0.2, 0.25) is 5.02 Å². The van der Waals surface area contributed by atoms with Gasteiger partial charge in [-0.2, -0.15) is 0 Å². The van der Waals surface area contributed by atoms with Gasteiger partial charge in [0.15, 0.2) is 4.21 Å². The van der Waals surface area contributed by atoms with Crippen molar-refractivity contribution in [1.82, 2.24) is 4.98 Å². The molecule has 3 N–H and O–H groups in total. The molecular formula is C10H9ClN2O4S2. The summed E-state index contributed by atoms with van der Waals surface area (Å²) >= 11 is 6.29. The van der Waals surface area contributed by atoms with E-state index >= 15 is 0 Å². The maximum Gasteiger partial charge on any atom is 0.306 e. The summed E-state index contributed by atoms with van der Waals surface area (Å²) in [4.78, 5) is 13.1. The highest BCUT2D eigenvalue weighted by Gasteiger charge is 2.20. The first-order chi connectivity index (χ1) is 8.79. The van der Waals surface area contributed by atoms with Crippen LogP contribution in [0.15, 0.2) is 27.2 Å². The van der Waals surface area contributed by atoms with Gasteiger partial charge in [-0.25, -0.2) is 8.42 Å². The van der Waals surface area contributed by atoms with E-state index in [0.717, 1.165) is 0 Å². The second-order valence-electron chi connectivity index (χ2n) is 3.70. The molecule has 1 aromatic carbocycles. The molecule has 0 unspecified atom stereocenters. The summed E-state index contributed by atoms with van der Waals surface area (Å²) in [5, 5.41) is 9.28. The van der Waals surface area contributed by atoms with E-state index in [1.807, 2.05) is 0 Å². The number of aryl methyl sites for hydroxylation is 1. The van der Waals surface area contributed by atoms with Crippen molar-refractivity contribution in [1.29, 1.82) is 0 Å². The Balaban J connectivity index is 2.39. The molecule has 9 heteroatoms. The highest BCUT2D eigenvalue weighted by Crippen LogP contribution is 2.28. The van der Waals surface area contributed by atoms with Gasteiger partial charge in [-0.3, -0.25) is 9.52 Å². The Morgan fingerprint density at radius 2 is 2.11 bits per heavy atom. The van der Waals surface area contributed by atoms with E-state index in [-0.39, 0.29) is 26.4 Å². The van der Waals surface area contributed by atoms with Crippen LogP contribution < -0.4 is 9.60 Å². The van der Waals surface area contributed by atoms with Crippen molar-refractivity contribution in [2.24, 2.45) is 0 Å². The van der Waals surface area contributed by atoms with Crippen LogP contribution in [0.1, 0.15) is 5.69 Å². The minimum atomic E-state index is -3.86. The monoisotopic (exact) mass is 320 g/mol. The second kappa shape index (κ2) is 4.87. The van der Waals surface area contributed by atoms with E-state index < -0.39 is 14.9 Å². The van der Waals surface area contributed by atoms with Gasteiger partial charge in [0.2, 0.25) is 0 Å². The molecule has 19 heavy (non-hydrogen) atoms.